The van der Waals surface area contributed by atoms with Crippen LogP contribution in [0.25, 0.3) is 0 Å². The highest BCUT2D eigenvalue weighted by Gasteiger charge is 2.35. The Labute approximate surface area is 175 Å². The Morgan fingerprint density at radius 3 is 2.47 bits per heavy atom. The number of amides is 2. The molecule has 0 bridgehead atoms. The minimum Gasteiger partial charge on any atom is -0.327 e. The van der Waals surface area contributed by atoms with E-state index in [1.54, 1.807) is 18.2 Å². The van der Waals surface area contributed by atoms with Crippen LogP contribution in [-0.4, -0.2) is 43.5 Å². The molecular formula is C21H24FN3O4S. The van der Waals surface area contributed by atoms with Crippen LogP contribution < -0.4 is 10.5 Å². The highest BCUT2D eigenvalue weighted by molar-refractivity contribution is 7.89. The van der Waals surface area contributed by atoms with Crippen LogP contribution in [0.2, 0.25) is 0 Å². The van der Waals surface area contributed by atoms with Crippen LogP contribution >= 0.6 is 0 Å². The number of hydrogen-bond donors (Lipinski definition) is 2. The molecule has 0 saturated heterocycles. The summed E-state index contributed by atoms with van der Waals surface area (Å²) in [6.45, 7) is 0.170. The lowest BCUT2D eigenvalue weighted by atomic mass is 9.92. The number of carbonyl (C=O) groups excluding carboxylic acids is 2. The highest BCUT2D eigenvalue weighted by atomic mass is 32.2. The van der Waals surface area contributed by atoms with Crippen molar-refractivity contribution in [3.05, 3.63) is 71.0 Å². The Morgan fingerprint density at radius 2 is 1.80 bits per heavy atom. The third-order valence-corrected chi connectivity index (χ3v) is 5.61. The molecule has 7 nitrogen and oxygen atoms in total. The number of fused-ring (bicyclic) bond motifs is 1. The summed E-state index contributed by atoms with van der Waals surface area (Å²) < 4.78 is 38.9. The first kappa shape index (κ1) is 21.9. The fourth-order valence-corrected chi connectivity index (χ4v) is 4.13. The van der Waals surface area contributed by atoms with Crippen molar-refractivity contribution in [2.75, 3.05) is 6.26 Å². The lowest BCUT2D eigenvalue weighted by Gasteiger charge is -2.36. The number of nitrogens with zero attached hydrogens (tertiary/aromatic N) is 1. The highest BCUT2D eigenvalue weighted by Crippen LogP contribution is 2.25. The maximum absolute atomic E-state index is 13.9. The monoisotopic (exact) mass is 433 g/mol. The van der Waals surface area contributed by atoms with E-state index in [-0.39, 0.29) is 31.7 Å². The number of halogens is 1. The van der Waals surface area contributed by atoms with Crippen molar-refractivity contribution >= 4 is 21.8 Å². The van der Waals surface area contributed by atoms with Gasteiger partial charge in [0.2, 0.25) is 15.9 Å². The van der Waals surface area contributed by atoms with Crippen molar-refractivity contribution in [3.63, 3.8) is 0 Å². The molecule has 0 saturated carbocycles. The maximum atomic E-state index is 13.9. The minimum absolute atomic E-state index is 0.0981. The second-order valence-corrected chi connectivity index (χ2v) is 9.26. The molecule has 160 valence electrons. The summed E-state index contributed by atoms with van der Waals surface area (Å²) in [6, 6.07) is 12.0. The predicted octanol–water partition coefficient (Wildman–Crippen LogP) is 1.11. The van der Waals surface area contributed by atoms with Gasteiger partial charge in [0, 0.05) is 25.4 Å². The second kappa shape index (κ2) is 8.93. The molecule has 9 heteroatoms. The molecule has 0 radical (unpaired) electrons. The first-order valence-corrected chi connectivity index (χ1v) is 11.4. The number of benzene rings is 2. The summed E-state index contributed by atoms with van der Waals surface area (Å²) in [5, 5.41) is 0. The van der Waals surface area contributed by atoms with Crippen LogP contribution in [0.15, 0.2) is 48.5 Å². The van der Waals surface area contributed by atoms with Crippen molar-refractivity contribution < 1.29 is 22.4 Å². The van der Waals surface area contributed by atoms with E-state index in [0.717, 1.165) is 17.4 Å². The van der Waals surface area contributed by atoms with Gasteiger partial charge in [0.1, 0.15) is 11.9 Å². The van der Waals surface area contributed by atoms with E-state index in [0.29, 0.717) is 5.56 Å². The van der Waals surface area contributed by atoms with E-state index >= 15 is 0 Å². The zero-order valence-corrected chi connectivity index (χ0v) is 17.4. The SMILES string of the molecule is CS(=O)(=O)NC(=O)[C@@H]1Cc2ccccc2CN1C(=O)C[C@H](N)Cc1ccccc1F. The van der Waals surface area contributed by atoms with Crippen LogP contribution in [0, 0.1) is 5.82 Å². The van der Waals surface area contributed by atoms with Gasteiger partial charge in [-0.05, 0) is 29.2 Å². The van der Waals surface area contributed by atoms with Crippen LogP contribution in [0.1, 0.15) is 23.1 Å². The molecule has 1 aliphatic rings. The second-order valence-electron chi connectivity index (χ2n) is 7.51. The normalized spacial score (nSPS) is 17.2. The van der Waals surface area contributed by atoms with Gasteiger partial charge in [-0.15, -0.1) is 0 Å². The third kappa shape index (κ3) is 5.43. The molecule has 0 fully saturated rings. The van der Waals surface area contributed by atoms with Crippen LogP contribution in [0.5, 0.6) is 0 Å². The first-order chi connectivity index (χ1) is 14.1. The van der Waals surface area contributed by atoms with Crippen LogP contribution in [-0.2, 0) is 39.0 Å². The molecule has 1 heterocycles. The van der Waals surface area contributed by atoms with E-state index in [1.807, 2.05) is 29.0 Å². The van der Waals surface area contributed by atoms with Crippen LogP contribution in [0.4, 0.5) is 4.39 Å². The third-order valence-electron chi connectivity index (χ3n) is 5.03. The molecule has 0 unspecified atom stereocenters. The summed E-state index contributed by atoms with van der Waals surface area (Å²) in [5.41, 5.74) is 8.27. The number of sulfonamides is 1. The molecule has 3 rings (SSSR count). The van der Waals surface area contributed by atoms with Crippen LogP contribution in [0.3, 0.4) is 0 Å². The average molecular weight is 434 g/mol. The number of hydrogen-bond acceptors (Lipinski definition) is 5. The summed E-state index contributed by atoms with van der Waals surface area (Å²) >= 11 is 0. The molecular weight excluding hydrogens is 409 g/mol. The number of rotatable bonds is 6. The Hall–Kier alpha value is -2.78. The summed E-state index contributed by atoms with van der Waals surface area (Å²) in [4.78, 5) is 26.9. The van der Waals surface area contributed by atoms with E-state index in [2.05, 4.69) is 0 Å². The van der Waals surface area contributed by atoms with Crippen molar-refractivity contribution in [3.8, 4) is 0 Å². The smallest absolute Gasteiger partial charge is 0.256 e. The van der Waals surface area contributed by atoms with Gasteiger partial charge in [0.05, 0.1) is 6.26 Å². The quantitative estimate of drug-likeness (QED) is 0.709. The predicted molar refractivity (Wildman–Crippen MR) is 110 cm³/mol. The largest absolute Gasteiger partial charge is 0.327 e. The summed E-state index contributed by atoms with van der Waals surface area (Å²) in [5.74, 6) is -1.54. The number of nitrogens with one attached hydrogen (secondary N) is 1. The topological polar surface area (TPSA) is 110 Å². The molecule has 0 spiro atoms. The molecule has 2 aromatic rings. The molecule has 2 atom stereocenters. The molecule has 0 aromatic heterocycles. The minimum atomic E-state index is -3.77. The Balaban J connectivity index is 1.78. The Morgan fingerprint density at radius 1 is 1.17 bits per heavy atom. The van der Waals surface area contributed by atoms with Gasteiger partial charge in [-0.25, -0.2) is 12.8 Å². The van der Waals surface area contributed by atoms with Crippen molar-refractivity contribution in [1.82, 2.24) is 9.62 Å². The van der Waals surface area contributed by atoms with E-state index in [1.165, 1.54) is 11.0 Å². The molecule has 0 aliphatic carbocycles. The average Bonchev–Trinajstić information content (AvgIpc) is 2.67. The van der Waals surface area contributed by atoms with Gasteiger partial charge in [-0.1, -0.05) is 42.5 Å². The van der Waals surface area contributed by atoms with Gasteiger partial charge in [-0.2, -0.15) is 0 Å². The molecule has 1 aliphatic heterocycles. The molecule has 3 N–H and O–H groups in total. The lowest BCUT2D eigenvalue weighted by molar-refractivity contribution is -0.141. The van der Waals surface area contributed by atoms with Gasteiger partial charge >= 0.3 is 0 Å². The Kier molecular flexibility index (Phi) is 6.52. The number of nitrogens with two attached hydrogens (primary N) is 1. The van der Waals surface area contributed by atoms with Gasteiger partial charge < -0.3 is 10.6 Å². The summed E-state index contributed by atoms with van der Waals surface area (Å²) in [7, 11) is -3.77. The maximum Gasteiger partial charge on any atom is 0.256 e. The Bertz CT molecular complexity index is 1060. The van der Waals surface area contributed by atoms with Crippen molar-refractivity contribution in [1.29, 1.82) is 0 Å². The van der Waals surface area contributed by atoms with E-state index < -0.39 is 33.8 Å². The molecule has 2 aromatic carbocycles. The fraction of sp³-hybridized carbons (Fsp3) is 0.333. The van der Waals surface area contributed by atoms with Gasteiger partial charge in [-0.3, -0.25) is 14.3 Å². The first-order valence-electron chi connectivity index (χ1n) is 9.51. The molecule has 30 heavy (non-hydrogen) atoms. The lowest BCUT2D eigenvalue weighted by Crippen LogP contribution is -2.54. The van der Waals surface area contributed by atoms with E-state index in [9.17, 15) is 22.4 Å². The standard InChI is InChI=1S/C21H24FN3O4S/c1-30(28,29)24-21(27)19-11-14-6-2-3-8-16(14)13-25(19)20(26)12-17(23)10-15-7-4-5-9-18(15)22/h2-9,17,19H,10-13,23H2,1H3,(H,24,27)/t17-,19+/m1/s1. The van der Waals surface area contributed by atoms with Gasteiger partial charge in [0.15, 0.2) is 0 Å². The van der Waals surface area contributed by atoms with Gasteiger partial charge in [0.25, 0.3) is 5.91 Å². The zero-order valence-electron chi connectivity index (χ0n) is 16.5. The van der Waals surface area contributed by atoms with Crippen molar-refractivity contribution in [2.24, 2.45) is 5.73 Å². The zero-order chi connectivity index (χ0) is 21.9. The summed E-state index contributed by atoms with van der Waals surface area (Å²) in [6.07, 6.45) is 1.16. The number of carbonyl (C=O) groups is 2. The molecule has 2 amide bonds. The van der Waals surface area contributed by atoms with Crippen molar-refractivity contribution in [2.45, 2.75) is 37.9 Å². The fourth-order valence-electron chi connectivity index (χ4n) is 3.63. The van der Waals surface area contributed by atoms with E-state index in [4.69, 9.17) is 5.73 Å².